The van der Waals surface area contributed by atoms with Crippen molar-refractivity contribution in [1.29, 1.82) is 0 Å². The van der Waals surface area contributed by atoms with Gasteiger partial charge in [0.15, 0.2) is 0 Å². The molecule has 276 valence electrons. The second kappa shape index (κ2) is 23.1. The second-order valence-electron chi connectivity index (χ2n) is 15.4. The highest BCUT2D eigenvalue weighted by Crippen LogP contribution is 2.35. The van der Waals surface area contributed by atoms with Crippen LogP contribution in [0.1, 0.15) is 187 Å². The lowest BCUT2D eigenvalue weighted by Crippen LogP contribution is -2.06. The molecule has 0 saturated heterocycles. The van der Waals surface area contributed by atoms with Gasteiger partial charge in [0, 0.05) is 23.2 Å². The summed E-state index contributed by atoms with van der Waals surface area (Å²) in [6, 6.07) is 36.5. The molecule has 4 aromatic carbocycles. The fourth-order valence-corrected chi connectivity index (χ4v) is 8.03. The first-order valence-corrected chi connectivity index (χ1v) is 20.9. The van der Waals surface area contributed by atoms with Gasteiger partial charge in [-0.05, 0) is 89.2 Å². The second-order valence-corrected chi connectivity index (χ2v) is 15.4. The number of hydrogen-bond acceptors (Lipinski definition) is 2. The fraction of sp³-hybridized carbons (Fsp3) is 0.510. The molecule has 0 radical (unpaired) electrons. The van der Waals surface area contributed by atoms with Crippen LogP contribution < -0.4 is 11.5 Å². The zero-order valence-corrected chi connectivity index (χ0v) is 32.6. The number of rotatable bonds is 25. The van der Waals surface area contributed by atoms with E-state index in [4.69, 9.17) is 11.5 Å². The molecule has 4 aromatic rings. The van der Waals surface area contributed by atoms with Gasteiger partial charge in [0.2, 0.25) is 0 Å². The number of benzene rings is 4. The van der Waals surface area contributed by atoms with Crippen LogP contribution in [0.25, 0.3) is 0 Å². The third-order valence-electron chi connectivity index (χ3n) is 11.2. The molecule has 0 saturated carbocycles. The van der Waals surface area contributed by atoms with Gasteiger partial charge in [-0.1, -0.05) is 190 Å². The third kappa shape index (κ3) is 13.9. The highest BCUT2D eigenvalue weighted by molar-refractivity contribution is 5.44. The minimum Gasteiger partial charge on any atom is -0.399 e. The minimum absolute atomic E-state index is 0.419. The Kier molecular flexibility index (Phi) is 18.3. The van der Waals surface area contributed by atoms with Crippen LogP contribution in [0.3, 0.4) is 0 Å². The summed E-state index contributed by atoms with van der Waals surface area (Å²) >= 11 is 0. The maximum Gasteiger partial charge on any atom is 0.0314 e. The Morgan fingerprint density at radius 3 is 1.08 bits per heavy atom. The summed E-state index contributed by atoms with van der Waals surface area (Å²) in [5, 5.41) is 0. The maximum absolute atomic E-state index is 6.08. The lowest BCUT2D eigenvalue weighted by atomic mass is 9.83. The predicted octanol–water partition coefficient (Wildman–Crippen LogP) is 14.5. The standard InChI is InChI=1S/C49H70N2/c1-4-7-9-11-13-15-17-20-48(43-30-34-46(50)35-31-43)41-24-22-39(23-25-41)38-45(19-6-3)40-26-28-42(29-27-40)49(44-32-36-47(51)37-33-44)21-18-16-14-12-10-8-5-2/h22-37,45,48-49H,4-21,38,50-51H2,1-3H3. The van der Waals surface area contributed by atoms with Crippen molar-refractivity contribution in [1.82, 2.24) is 0 Å². The van der Waals surface area contributed by atoms with Crippen LogP contribution in [0.4, 0.5) is 11.4 Å². The van der Waals surface area contributed by atoms with Crippen LogP contribution in [0, 0.1) is 0 Å². The Balaban J connectivity index is 1.43. The van der Waals surface area contributed by atoms with Crippen molar-refractivity contribution < 1.29 is 0 Å². The van der Waals surface area contributed by atoms with E-state index in [1.807, 2.05) is 0 Å². The van der Waals surface area contributed by atoms with E-state index in [2.05, 4.69) is 118 Å². The lowest BCUT2D eigenvalue weighted by Gasteiger charge is -2.22. The van der Waals surface area contributed by atoms with Gasteiger partial charge in [0.05, 0.1) is 0 Å². The fourth-order valence-electron chi connectivity index (χ4n) is 8.03. The van der Waals surface area contributed by atoms with Crippen LogP contribution in [0.15, 0.2) is 97.1 Å². The Morgan fingerprint density at radius 2 is 0.686 bits per heavy atom. The monoisotopic (exact) mass is 687 g/mol. The Morgan fingerprint density at radius 1 is 0.353 bits per heavy atom. The first-order valence-electron chi connectivity index (χ1n) is 20.9. The van der Waals surface area contributed by atoms with Crippen molar-refractivity contribution in [2.75, 3.05) is 11.5 Å². The topological polar surface area (TPSA) is 52.0 Å². The van der Waals surface area contributed by atoms with E-state index in [0.717, 1.165) is 17.8 Å². The number of hydrogen-bond donors (Lipinski definition) is 2. The maximum atomic E-state index is 6.08. The van der Waals surface area contributed by atoms with Crippen LogP contribution >= 0.6 is 0 Å². The van der Waals surface area contributed by atoms with E-state index in [1.54, 1.807) is 0 Å². The third-order valence-corrected chi connectivity index (χ3v) is 11.2. The number of unbranched alkanes of at least 4 members (excludes halogenated alkanes) is 12. The molecule has 51 heavy (non-hydrogen) atoms. The SMILES string of the molecule is CCCCCCCCCC(c1ccc(N)cc1)c1ccc(CC(CCC)c2ccc(C(CCCCCCCCC)c3ccc(N)cc3)cc2)cc1. The molecule has 2 heteroatoms. The smallest absolute Gasteiger partial charge is 0.0314 e. The minimum atomic E-state index is 0.419. The molecule has 0 aliphatic heterocycles. The molecule has 2 nitrogen and oxygen atoms in total. The van der Waals surface area contributed by atoms with Crippen molar-refractivity contribution in [3.05, 3.63) is 130 Å². The van der Waals surface area contributed by atoms with Crippen molar-refractivity contribution >= 4 is 11.4 Å². The first kappa shape index (κ1) is 40.3. The van der Waals surface area contributed by atoms with E-state index in [1.165, 1.54) is 149 Å². The van der Waals surface area contributed by atoms with E-state index in [0.29, 0.717) is 17.8 Å². The molecular weight excluding hydrogens is 617 g/mol. The summed E-state index contributed by atoms with van der Waals surface area (Å²) in [7, 11) is 0. The lowest BCUT2D eigenvalue weighted by molar-refractivity contribution is 0.558. The number of nitrogen functional groups attached to an aromatic ring is 2. The summed E-state index contributed by atoms with van der Waals surface area (Å²) in [4.78, 5) is 0. The van der Waals surface area contributed by atoms with Crippen molar-refractivity contribution in [3.8, 4) is 0 Å². The summed E-state index contributed by atoms with van der Waals surface area (Å²) in [6.07, 6.45) is 24.6. The predicted molar refractivity (Wildman–Crippen MR) is 225 cm³/mol. The number of nitrogens with two attached hydrogens (primary N) is 2. The average molecular weight is 687 g/mol. The molecule has 0 spiro atoms. The molecule has 3 atom stereocenters. The van der Waals surface area contributed by atoms with Gasteiger partial charge in [-0.2, -0.15) is 0 Å². The molecule has 3 unspecified atom stereocenters. The molecule has 0 aromatic heterocycles. The molecule has 0 bridgehead atoms. The molecule has 0 fully saturated rings. The molecule has 0 aliphatic rings. The highest BCUT2D eigenvalue weighted by atomic mass is 14.5. The van der Waals surface area contributed by atoms with Crippen molar-refractivity contribution in [2.45, 2.75) is 161 Å². The quantitative estimate of drug-likeness (QED) is 0.0538. The van der Waals surface area contributed by atoms with E-state index >= 15 is 0 Å². The van der Waals surface area contributed by atoms with Crippen LogP contribution in [-0.2, 0) is 6.42 Å². The summed E-state index contributed by atoms with van der Waals surface area (Å²) in [5.74, 6) is 1.36. The molecule has 4 rings (SSSR count). The molecule has 4 N–H and O–H groups in total. The van der Waals surface area contributed by atoms with Gasteiger partial charge in [-0.3, -0.25) is 0 Å². The van der Waals surface area contributed by atoms with E-state index < -0.39 is 0 Å². The Labute approximate surface area is 312 Å². The summed E-state index contributed by atoms with van der Waals surface area (Å²) < 4.78 is 0. The molecule has 0 amide bonds. The van der Waals surface area contributed by atoms with Crippen LogP contribution in [0.5, 0.6) is 0 Å². The average Bonchev–Trinajstić information content (AvgIpc) is 3.15. The van der Waals surface area contributed by atoms with Gasteiger partial charge in [0.1, 0.15) is 0 Å². The van der Waals surface area contributed by atoms with E-state index in [9.17, 15) is 0 Å². The van der Waals surface area contributed by atoms with Crippen LogP contribution in [0.2, 0.25) is 0 Å². The van der Waals surface area contributed by atoms with Gasteiger partial charge in [-0.25, -0.2) is 0 Å². The zero-order chi connectivity index (χ0) is 36.1. The van der Waals surface area contributed by atoms with Crippen molar-refractivity contribution in [2.24, 2.45) is 0 Å². The molecule has 0 heterocycles. The van der Waals surface area contributed by atoms with Gasteiger partial charge >= 0.3 is 0 Å². The molecule has 0 aliphatic carbocycles. The van der Waals surface area contributed by atoms with Gasteiger partial charge in [0.25, 0.3) is 0 Å². The van der Waals surface area contributed by atoms with Gasteiger partial charge < -0.3 is 11.5 Å². The summed E-state index contributed by atoms with van der Waals surface area (Å²) in [5.41, 5.74) is 22.4. The number of anilines is 2. The normalized spacial score (nSPS) is 13.2. The highest BCUT2D eigenvalue weighted by Gasteiger charge is 2.18. The largest absolute Gasteiger partial charge is 0.399 e. The Bertz CT molecular complexity index is 1450. The summed E-state index contributed by atoms with van der Waals surface area (Å²) in [6.45, 7) is 6.91. The first-order chi connectivity index (χ1) is 25.0. The molecular formula is C49H70N2. The van der Waals surface area contributed by atoms with Crippen molar-refractivity contribution in [3.63, 3.8) is 0 Å². The zero-order valence-electron chi connectivity index (χ0n) is 32.6. The van der Waals surface area contributed by atoms with E-state index in [-0.39, 0.29) is 0 Å². The Hall–Kier alpha value is -3.52. The van der Waals surface area contributed by atoms with Gasteiger partial charge in [-0.15, -0.1) is 0 Å². The van der Waals surface area contributed by atoms with Crippen LogP contribution in [-0.4, -0.2) is 0 Å².